The van der Waals surface area contributed by atoms with Crippen molar-refractivity contribution in [3.63, 3.8) is 0 Å². The molecule has 2 aromatic rings. The van der Waals surface area contributed by atoms with Crippen molar-refractivity contribution in [2.45, 2.75) is 70.9 Å². The first-order valence-corrected chi connectivity index (χ1v) is 10.2. The smallest absolute Gasteiger partial charge is 0.408 e. The maximum atomic E-state index is 15.2. The molecule has 1 aromatic heterocycles. The fourth-order valence-corrected chi connectivity index (χ4v) is 4.50. The van der Waals surface area contributed by atoms with Crippen LogP contribution in [-0.4, -0.2) is 22.7 Å². The number of nitrogens with one attached hydrogen (secondary N) is 2. The molecule has 1 heterocycles. The molecule has 152 valence electrons. The van der Waals surface area contributed by atoms with Gasteiger partial charge >= 0.3 is 6.09 Å². The van der Waals surface area contributed by atoms with E-state index in [-0.39, 0.29) is 11.9 Å². The number of nitriles is 1. The number of aromatic nitrogens is 1. The third kappa shape index (κ3) is 3.74. The highest BCUT2D eigenvalue weighted by atomic mass is 19.1. The molecule has 5 nitrogen and oxygen atoms in total. The van der Waals surface area contributed by atoms with Gasteiger partial charge in [0.25, 0.3) is 0 Å². The molecular weight excluding hydrogens is 369 g/mol. The highest BCUT2D eigenvalue weighted by Gasteiger charge is 2.27. The zero-order valence-electron chi connectivity index (χ0n) is 17.1. The molecule has 1 aromatic carbocycles. The molecule has 0 radical (unpaired) electrons. The van der Waals surface area contributed by atoms with Crippen LogP contribution in [0.3, 0.4) is 0 Å². The number of carbonyl (C=O) groups excluding carboxylic acids is 1. The van der Waals surface area contributed by atoms with Crippen molar-refractivity contribution in [3.8, 4) is 6.07 Å². The van der Waals surface area contributed by atoms with E-state index in [1.807, 2.05) is 26.8 Å². The van der Waals surface area contributed by atoms with Crippen molar-refractivity contribution in [2.24, 2.45) is 0 Å². The highest BCUT2D eigenvalue weighted by molar-refractivity contribution is 5.99. The maximum absolute atomic E-state index is 15.2. The van der Waals surface area contributed by atoms with Gasteiger partial charge < -0.3 is 15.0 Å². The molecule has 0 spiro atoms. The number of allylic oxidation sites excluding steroid dienone is 1. The Morgan fingerprint density at radius 3 is 2.83 bits per heavy atom. The third-order valence-electron chi connectivity index (χ3n) is 5.58. The van der Waals surface area contributed by atoms with Gasteiger partial charge in [-0.15, -0.1) is 0 Å². The molecule has 2 aliphatic carbocycles. The Hall–Kier alpha value is -2.81. The van der Waals surface area contributed by atoms with Gasteiger partial charge in [0.05, 0.1) is 17.1 Å². The summed E-state index contributed by atoms with van der Waals surface area (Å²) in [7, 11) is 0. The Morgan fingerprint density at radius 1 is 1.31 bits per heavy atom. The summed E-state index contributed by atoms with van der Waals surface area (Å²) in [5.41, 5.74) is 4.22. The quantitative estimate of drug-likeness (QED) is 0.740. The van der Waals surface area contributed by atoms with Crippen molar-refractivity contribution in [2.75, 3.05) is 0 Å². The van der Waals surface area contributed by atoms with Crippen molar-refractivity contribution in [3.05, 3.63) is 40.3 Å². The second-order valence-electron chi connectivity index (χ2n) is 8.92. The van der Waals surface area contributed by atoms with E-state index in [2.05, 4.69) is 16.4 Å². The molecular formula is C23H26FN3O2. The average Bonchev–Trinajstić information content (AvgIpc) is 3.21. The van der Waals surface area contributed by atoms with E-state index >= 15 is 4.39 Å². The van der Waals surface area contributed by atoms with Crippen molar-refractivity contribution in [1.29, 1.82) is 5.26 Å². The van der Waals surface area contributed by atoms with E-state index < -0.39 is 11.7 Å². The lowest BCUT2D eigenvalue weighted by Gasteiger charge is -2.26. The van der Waals surface area contributed by atoms with Gasteiger partial charge in [0.2, 0.25) is 0 Å². The Bertz CT molecular complexity index is 1050. The van der Waals surface area contributed by atoms with E-state index in [4.69, 9.17) is 4.74 Å². The number of nitrogens with zero attached hydrogens (tertiary/aromatic N) is 1. The number of hydrogen-bond acceptors (Lipinski definition) is 3. The lowest BCUT2D eigenvalue weighted by Crippen LogP contribution is -2.39. The molecule has 1 amide bonds. The molecule has 0 aliphatic heterocycles. The monoisotopic (exact) mass is 395 g/mol. The molecule has 1 atom stereocenters. The van der Waals surface area contributed by atoms with Crippen molar-refractivity contribution >= 4 is 22.6 Å². The number of halogens is 1. The summed E-state index contributed by atoms with van der Waals surface area (Å²) in [6.07, 6.45) is 6.72. The lowest BCUT2D eigenvalue weighted by atomic mass is 9.87. The summed E-state index contributed by atoms with van der Waals surface area (Å²) >= 11 is 0. The van der Waals surface area contributed by atoms with Crippen LogP contribution < -0.4 is 5.32 Å². The molecule has 2 N–H and O–H groups in total. The molecule has 6 heteroatoms. The van der Waals surface area contributed by atoms with Crippen LogP contribution in [0.25, 0.3) is 16.5 Å². The molecule has 0 fully saturated rings. The van der Waals surface area contributed by atoms with Gasteiger partial charge in [-0.2, -0.15) is 5.26 Å². The summed E-state index contributed by atoms with van der Waals surface area (Å²) in [5.74, 6) is -0.369. The Kier molecular flexibility index (Phi) is 4.85. The third-order valence-corrected chi connectivity index (χ3v) is 5.58. The summed E-state index contributed by atoms with van der Waals surface area (Å²) in [5, 5.41) is 13.2. The van der Waals surface area contributed by atoms with Gasteiger partial charge in [-0.25, -0.2) is 9.18 Å². The first kappa shape index (κ1) is 19.5. The molecule has 4 rings (SSSR count). The molecule has 0 saturated heterocycles. The van der Waals surface area contributed by atoms with E-state index in [1.54, 1.807) is 0 Å². The fourth-order valence-electron chi connectivity index (χ4n) is 4.50. The molecule has 2 aliphatic rings. The summed E-state index contributed by atoms with van der Waals surface area (Å²) in [6, 6.07) is 3.25. The topological polar surface area (TPSA) is 77.9 Å². The zero-order valence-corrected chi connectivity index (χ0v) is 17.1. The number of fused-ring (bicyclic) bond motifs is 3. The predicted molar refractivity (Wildman–Crippen MR) is 110 cm³/mol. The number of rotatable bonds is 2. The van der Waals surface area contributed by atoms with E-state index in [9.17, 15) is 10.1 Å². The zero-order chi connectivity index (χ0) is 20.8. The summed E-state index contributed by atoms with van der Waals surface area (Å²) in [4.78, 5) is 15.5. The number of hydrogen-bond donors (Lipinski definition) is 2. The van der Waals surface area contributed by atoms with E-state index in [0.717, 1.165) is 66.3 Å². The average molecular weight is 395 g/mol. The van der Waals surface area contributed by atoms with Crippen LogP contribution in [0.4, 0.5) is 9.18 Å². The Labute approximate surface area is 169 Å². The summed E-state index contributed by atoms with van der Waals surface area (Å²) < 4.78 is 20.6. The van der Waals surface area contributed by atoms with Gasteiger partial charge in [-0.3, -0.25) is 0 Å². The van der Waals surface area contributed by atoms with Gasteiger partial charge in [-0.05, 0) is 76.5 Å². The Balaban J connectivity index is 1.74. The molecule has 29 heavy (non-hydrogen) atoms. The molecule has 0 saturated carbocycles. The standard InChI is InChI=1S/C23H26FN3O2/c1-23(2,3)29-22(28)26-15-7-4-6-13(10-15)19-17(24)11-14(12-25)21-20(19)16-8-5-9-18(16)27-21/h10-11,15,27H,4-9H2,1-3H3,(H,26,28)/t15-/m0/s1. The van der Waals surface area contributed by atoms with Crippen LogP contribution >= 0.6 is 0 Å². The molecule has 0 unspecified atom stereocenters. The number of aryl methyl sites for hydroxylation is 2. The minimum Gasteiger partial charge on any atom is -0.444 e. The minimum absolute atomic E-state index is 0.203. The fraction of sp³-hybridized carbons (Fsp3) is 0.478. The lowest BCUT2D eigenvalue weighted by molar-refractivity contribution is 0.0511. The first-order valence-electron chi connectivity index (χ1n) is 10.2. The highest BCUT2D eigenvalue weighted by Crippen LogP contribution is 2.40. The minimum atomic E-state index is -0.567. The van der Waals surface area contributed by atoms with Crippen LogP contribution in [0.5, 0.6) is 0 Å². The number of H-pyrrole nitrogens is 1. The number of alkyl carbamates (subject to hydrolysis) is 1. The number of benzene rings is 1. The number of carbonyl (C=O) groups is 1. The van der Waals surface area contributed by atoms with E-state index in [1.165, 1.54) is 6.07 Å². The van der Waals surface area contributed by atoms with Gasteiger partial charge in [0, 0.05) is 16.6 Å². The maximum Gasteiger partial charge on any atom is 0.408 e. The van der Waals surface area contributed by atoms with Crippen LogP contribution in [0.2, 0.25) is 0 Å². The van der Waals surface area contributed by atoms with Crippen molar-refractivity contribution in [1.82, 2.24) is 10.3 Å². The van der Waals surface area contributed by atoms with E-state index in [0.29, 0.717) is 11.1 Å². The molecule has 0 bridgehead atoms. The van der Waals surface area contributed by atoms with Crippen LogP contribution in [-0.2, 0) is 17.6 Å². The van der Waals surface area contributed by atoms with Crippen LogP contribution in [0, 0.1) is 17.1 Å². The largest absolute Gasteiger partial charge is 0.444 e. The second kappa shape index (κ2) is 7.22. The number of amides is 1. The first-order chi connectivity index (χ1) is 13.8. The SMILES string of the molecule is CC(C)(C)OC(=O)N[C@@H]1C=C(c2c(F)cc(C#N)c3[nH]c4c(c23)CCC4)CCC1. The Morgan fingerprint density at radius 2 is 2.10 bits per heavy atom. The number of ether oxygens (including phenoxy) is 1. The summed E-state index contributed by atoms with van der Waals surface area (Å²) in [6.45, 7) is 5.47. The van der Waals surface area contributed by atoms with Gasteiger partial charge in [-0.1, -0.05) is 6.08 Å². The second-order valence-corrected chi connectivity index (χ2v) is 8.92. The van der Waals surface area contributed by atoms with Crippen LogP contribution in [0.1, 0.15) is 68.8 Å². The predicted octanol–water partition coefficient (Wildman–Crippen LogP) is 5.13. The van der Waals surface area contributed by atoms with Gasteiger partial charge in [0.15, 0.2) is 0 Å². The number of aromatic amines is 1. The normalized spacial score (nSPS) is 18.9. The van der Waals surface area contributed by atoms with Crippen molar-refractivity contribution < 1.29 is 13.9 Å². The van der Waals surface area contributed by atoms with Crippen LogP contribution in [0.15, 0.2) is 12.1 Å². The van der Waals surface area contributed by atoms with Gasteiger partial charge in [0.1, 0.15) is 17.5 Å².